The zero-order valence-corrected chi connectivity index (χ0v) is 17.0. The molecule has 1 aromatic heterocycles. The fraction of sp³-hybridized carbons (Fsp3) is 0.304. The number of aliphatic hydroxyl groups excluding tert-OH is 1. The van der Waals surface area contributed by atoms with Crippen molar-refractivity contribution in [3.05, 3.63) is 98.7 Å². The van der Waals surface area contributed by atoms with Gasteiger partial charge in [0.2, 0.25) is 0 Å². The molecule has 0 aliphatic carbocycles. The van der Waals surface area contributed by atoms with Gasteiger partial charge in [-0.2, -0.15) is 0 Å². The molecule has 3 aromatic rings. The van der Waals surface area contributed by atoms with Crippen LogP contribution in [0.25, 0.3) is 0 Å². The Morgan fingerprint density at radius 3 is 2.31 bits per heavy atom. The van der Waals surface area contributed by atoms with Gasteiger partial charge in [0.15, 0.2) is 4.77 Å². The van der Waals surface area contributed by atoms with Crippen LogP contribution < -0.4 is 5.56 Å². The Morgan fingerprint density at radius 1 is 1.14 bits per heavy atom. The van der Waals surface area contributed by atoms with Crippen LogP contribution in [-0.2, 0) is 4.74 Å². The topological polar surface area (TPSA) is 67.2 Å². The lowest BCUT2D eigenvalue weighted by molar-refractivity contribution is -0.0253. The average molecular weight is 409 g/mol. The summed E-state index contributed by atoms with van der Waals surface area (Å²) in [6, 6.07) is 20.6. The number of aryl methyl sites for hydroxylation is 1. The van der Waals surface area contributed by atoms with Crippen LogP contribution in [0.5, 0.6) is 0 Å². The van der Waals surface area contributed by atoms with Crippen molar-refractivity contribution in [1.29, 1.82) is 0 Å². The highest BCUT2D eigenvalue weighted by atomic mass is 32.1. The molecular weight excluding hydrogens is 384 g/mol. The Kier molecular flexibility index (Phi) is 5.76. The van der Waals surface area contributed by atoms with Crippen molar-refractivity contribution in [2.24, 2.45) is 0 Å². The zero-order chi connectivity index (χ0) is 20.4. The van der Waals surface area contributed by atoms with Crippen molar-refractivity contribution >= 4 is 12.2 Å². The normalized spacial score (nSPS) is 21.6. The summed E-state index contributed by atoms with van der Waals surface area (Å²) < 4.78 is 8.27. The zero-order valence-electron chi connectivity index (χ0n) is 16.2. The molecule has 2 heterocycles. The molecule has 0 unspecified atom stereocenters. The van der Waals surface area contributed by atoms with Crippen molar-refractivity contribution in [2.45, 2.75) is 44.1 Å². The van der Waals surface area contributed by atoms with E-state index < -0.39 is 12.3 Å². The van der Waals surface area contributed by atoms with E-state index in [4.69, 9.17) is 17.0 Å². The number of ether oxygens (including phenoxy) is 1. The number of rotatable bonds is 5. The van der Waals surface area contributed by atoms with Crippen molar-refractivity contribution in [3.8, 4) is 0 Å². The van der Waals surface area contributed by atoms with Gasteiger partial charge in [-0.1, -0.05) is 60.7 Å². The van der Waals surface area contributed by atoms with E-state index in [-0.39, 0.29) is 17.6 Å². The van der Waals surface area contributed by atoms with E-state index in [2.05, 4.69) is 29.2 Å². The Hall–Kier alpha value is -2.54. The lowest BCUT2D eigenvalue weighted by atomic mass is 9.85. The second-order valence-electron chi connectivity index (χ2n) is 7.52. The van der Waals surface area contributed by atoms with E-state index in [0.29, 0.717) is 23.2 Å². The van der Waals surface area contributed by atoms with E-state index in [0.717, 1.165) is 0 Å². The molecule has 1 aliphatic rings. The van der Waals surface area contributed by atoms with Crippen LogP contribution in [0.3, 0.4) is 0 Å². The number of aliphatic hydroxyl groups is 1. The average Bonchev–Trinajstić information content (AvgIpc) is 3.10. The predicted molar refractivity (Wildman–Crippen MR) is 115 cm³/mol. The molecule has 150 valence electrons. The number of hydrogen-bond donors (Lipinski definition) is 2. The molecule has 4 rings (SSSR count). The lowest BCUT2D eigenvalue weighted by Gasteiger charge is -2.24. The van der Waals surface area contributed by atoms with Crippen LogP contribution in [0.4, 0.5) is 0 Å². The maximum absolute atomic E-state index is 11.8. The van der Waals surface area contributed by atoms with Gasteiger partial charge in [-0.3, -0.25) is 14.3 Å². The Balaban J connectivity index is 1.60. The first kappa shape index (κ1) is 19.8. The standard InChI is InChI=1S/C23H24N2O3S/c1-15-14-25(23(29)24-22(15)27)21-13-19(26)20(28-21)12-18(16-8-4-2-5-9-16)17-10-6-3-7-11-17/h2-11,14,18-21,26H,12-13H2,1H3,(H,24,27,29)/t19-,20+,21+/m0/s1. The Labute approximate surface area is 174 Å². The summed E-state index contributed by atoms with van der Waals surface area (Å²) in [5.41, 5.74) is 2.74. The molecule has 0 bridgehead atoms. The molecule has 0 radical (unpaired) electrons. The maximum atomic E-state index is 11.8. The number of nitrogens with zero attached hydrogens (tertiary/aromatic N) is 1. The van der Waals surface area contributed by atoms with Crippen molar-refractivity contribution in [1.82, 2.24) is 9.55 Å². The Morgan fingerprint density at radius 2 is 1.72 bits per heavy atom. The molecule has 2 N–H and O–H groups in total. The van der Waals surface area contributed by atoms with E-state index in [1.54, 1.807) is 17.7 Å². The van der Waals surface area contributed by atoms with Crippen LogP contribution >= 0.6 is 12.2 Å². The molecule has 0 saturated carbocycles. The monoisotopic (exact) mass is 408 g/mol. The molecule has 1 aliphatic heterocycles. The van der Waals surface area contributed by atoms with Gasteiger partial charge in [-0.15, -0.1) is 0 Å². The molecular formula is C23H24N2O3S. The van der Waals surface area contributed by atoms with E-state index in [1.807, 2.05) is 36.4 Å². The fourth-order valence-electron chi connectivity index (χ4n) is 3.97. The first-order chi connectivity index (χ1) is 14.0. The van der Waals surface area contributed by atoms with Gasteiger partial charge in [-0.25, -0.2) is 0 Å². The number of hydrogen-bond acceptors (Lipinski definition) is 4. The van der Waals surface area contributed by atoms with Gasteiger partial charge in [0.1, 0.15) is 6.23 Å². The van der Waals surface area contributed by atoms with Gasteiger partial charge in [0, 0.05) is 24.1 Å². The maximum Gasteiger partial charge on any atom is 0.254 e. The molecule has 29 heavy (non-hydrogen) atoms. The number of H-pyrrole nitrogens is 1. The third-order valence-electron chi connectivity index (χ3n) is 5.53. The smallest absolute Gasteiger partial charge is 0.254 e. The number of aromatic amines is 1. The summed E-state index contributed by atoms with van der Waals surface area (Å²) in [7, 11) is 0. The molecule has 1 saturated heterocycles. The fourth-order valence-corrected chi connectivity index (χ4v) is 4.23. The minimum Gasteiger partial charge on any atom is -0.390 e. The molecule has 3 atom stereocenters. The van der Waals surface area contributed by atoms with E-state index in [1.165, 1.54) is 11.1 Å². The molecule has 0 amide bonds. The second-order valence-corrected chi connectivity index (χ2v) is 7.91. The SMILES string of the molecule is Cc1cn([C@H]2C[C@H](O)[C@@H](CC(c3ccccc3)c3ccccc3)O2)c(=S)[nH]c1=O. The summed E-state index contributed by atoms with van der Waals surface area (Å²) in [6.45, 7) is 1.73. The van der Waals surface area contributed by atoms with Gasteiger partial charge in [0.05, 0.1) is 12.2 Å². The molecule has 5 nitrogen and oxygen atoms in total. The van der Waals surface area contributed by atoms with Gasteiger partial charge in [-0.05, 0) is 36.7 Å². The second kappa shape index (κ2) is 8.45. The Bertz CT molecular complexity index is 1040. The molecule has 0 spiro atoms. The van der Waals surface area contributed by atoms with Crippen LogP contribution in [0.1, 0.15) is 41.7 Å². The minimum absolute atomic E-state index is 0.112. The number of nitrogens with one attached hydrogen (secondary N) is 1. The summed E-state index contributed by atoms with van der Waals surface area (Å²) in [6.07, 6.45) is 1.45. The highest BCUT2D eigenvalue weighted by Gasteiger charge is 2.37. The highest BCUT2D eigenvalue weighted by molar-refractivity contribution is 7.71. The third kappa shape index (κ3) is 4.24. The quantitative estimate of drug-likeness (QED) is 0.624. The van der Waals surface area contributed by atoms with Gasteiger partial charge in [0.25, 0.3) is 5.56 Å². The summed E-state index contributed by atoms with van der Waals surface area (Å²) in [5.74, 6) is 0.112. The molecule has 2 aromatic carbocycles. The van der Waals surface area contributed by atoms with Crippen LogP contribution in [0.15, 0.2) is 71.7 Å². The highest BCUT2D eigenvalue weighted by Crippen LogP contribution is 2.37. The first-order valence-electron chi connectivity index (χ1n) is 9.78. The third-order valence-corrected chi connectivity index (χ3v) is 5.85. The number of benzene rings is 2. The largest absolute Gasteiger partial charge is 0.390 e. The summed E-state index contributed by atoms with van der Waals surface area (Å²) in [5, 5.41) is 10.7. The van der Waals surface area contributed by atoms with Crippen molar-refractivity contribution in [3.63, 3.8) is 0 Å². The van der Waals surface area contributed by atoms with E-state index in [9.17, 15) is 9.90 Å². The van der Waals surface area contributed by atoms with Crippen molar-refractivity contribution in [2.75, 3.05) is 0 Å². The number of aromatic nitrogens is 2. The van der Waals surface area contributed by atoms with Crippen LogP contribution in [-0.4, -0.2) is 26.9 Å². The summed E-state index contributed by atoms with van der Waals surface area (Å²) in [4.78, 5) is 14.4. The summed E-state index contributed by atoms with van der Waals surface area (Å²) >= 11 is 5.30. The van der Waals surface area contributed by atoms with Crippen LogP contribution in [0.2, 0.25) is 0 Å². The van der Waals surface area contributed by atoms with Gasteiger partial charge < -0.3 is 9.84 Å². The molecule has 6 heteroatoms. The predicted octanol–water partition coefficient (Wildman–Crippen LogP) is 4.08. The van der Waals surface area contributed by atoms with Gasteiger partial charge >= 0.3 is 0 Å². The van der Waals surface area contributed by atoms with E-state index >= 15 is 0 Å². The minimum atomic E-state index is -0.607. The lowest BCUT2D eigenvalue weighted by Crippen LogP contribution is -2.24. The van der Waals surface area contributed by atoms with Crippen molar-refractivity contribution < 1.29 is 9.84 Å². The first-order valence-corrected chi connectivity index (χ1v) is 10.2. The van der Waals surface area contributed by atoms with Crippen LogP contribution in [0, 0.1) is 11.7 Å². The molecule has 1 fully saturated rings.